The number of hydrogen-bond donors (Lipinski definition) is 1. The van der Waals surface area contributed by atoms with Gasteiger partial charge in [-0.15, -0.1) is 0 Å². The minimum atomic E-state index is -0.896. The Kier molecular flexibility index (Phi) is 7.81. The zero-order valence-electron chi connectivity index (χ0n) is 17.6. The molecule has 2 aromatic carbocycles. The summed E-state index contributed by atoms with van der Waals surface area (Å²) in [5, 5.41) is 2.47. The molecule has 1 aliphatic heterocycles. The van der Waals surface area contributed by atoms with Crippen LogP contribution in [0.5, 0.6) is 0 Å². The van der Waals surface area contributed by atoms with E-state index in [1.54, 1.807) is 17.9 Å². The van der Waals surface area contributed by atoms with Gasteiger partial charge in [0.05, 0.1) is 0 Å². The largest absolute Gasteiger partial charge is 0.451 e. The van der Waals surface area contributed by atoms with Crippen LogP contribution in [0.1, 0.15) is 12.5 Å². The molecule has 0 unspecified atom stereocenters. The molecule has 1 saturated heterocycles. The Bertz CT molecular complexity index is 907. The van der Waals surface area contributed by atoms with Crippen molar-refractivity contribution in [1.82, 2.24) is 10.2 Å². The van der Waals surface area contributed by atoms with E-state index in [0.717, 1.165) is 24.3 Å². The molecule has 0 bridgehead atoms. The summed E-state index contributed by atoms with van der Waals surface area (Å²) in [7, 11) is 0. The molecule has 7 nitrogen and oxygen atoms in total. The van der Waals surface area contributed by atoms with Gasteiger partial charge in [0.25, 0.3) is 5.91 Å². The fourth-order valence-electron chi connectivity index (χ4n) is 3.32. The van der Waals surface area contributed by atoms with Crippen LogP contribution in [0.25, 0.3) is 6.08 Å². The van der Waals surface area contributed by atoms with Crippen LogP contribution in [-0.2, 0) is 19.1 Å². The standard InChI is InChI=1S/C24H27N3O4/c1-19(24(30)27-16-14-26(15-17-27)21-10-6-3-7-11-21)31-23(29)18-25-22(28)13-12-20-8-4-2-5-9-20/h2-13,19H,14-18H2,1H3,(H,25,28)/b13-12+/t19-/m1/s1. The molecule has 1 atom stereocenters. The summed E-state index contributed by atoms with van der Waals surface area (Å²) in [6.45, 7) is 3.84. The van der Waals surface area contributed by atoms with Crippen molar-refractivity contribution in [2.75, 3.05) is 37.6 Å². The first kappa shape index (κ1) is 22.1. The molecule has 0 aliphatic carbocycles. The zero-order valence-corrected chi connectivity index (χ0v) is 17.6. The molecule has 7 heteroatoms. The topological polar surface area (TPSA) is 78.9 Å². The first-order chi connectivity index (χ1) is 15.0. The predicted octanol–water partition coefficient (Wildman–Crippen LogP) is 2.10. The van der Waals surface area contributed by atoms with Gasteiger partial charge in [-0.3, -0.25) is 14.4 Å². The van der Waals surface area contributed by atoms with E-state index in [4.69, 9.17) is 4.74 Å². The maximum Gasteiger partial charge on any atom is 0.326 e. The van der Waals surface area contributed by atoms with Gasteiger partial charge in [0.2, 0.25) is 5.91 Å². The number of nitrogens with zero attached hydrogens (tertiary/aromatic N) is 2. The maximum atomic E-state index is 12.6. The lowest BCUT2D eigenvalue weighted by molar-refractivity contribution is -0.158. The number of piperazine rings is 1. The second-order valence-corrected chi connectivity index (χ2v) is 7.24. The van der Waals surface area contributed by atoms with Gasteiger partial charge < -0.3 is 19.9 Å². The monoisotopic (exact) mass is 421 g/mol. The van der Waals surface area contributed by atoms with Crippen LogP contribution >= 0.6 is 0 Å². The number of rotatable bonds is 7. The van der Waals surface area contributed by atoms with Crippen molar-refractivity contribution >= 4 is 29.5 Å². The van der Waals surface area contributed by atoms with Crippen LogP contribution in [-0.4, -0.2) is 61.5 Å². The molecule has 31 heavy (non-hydrogen) atoms. The van der Waals surface area contributed by atoms with Crippen LogP contribution in [0.3, 0.4) is 0 Å². The zero-order chi connectivity index (χ0) is 22.1. The second-order valence-electron chi connectivity index (χ2n) is 7.24. The molecule has 0 aromatic heterocycles. The number of nitrogens with one attached hydrogen (secondary N) is 1. The highest BCUT2D eigenvalue weighted by molar-refractivity contribution is 5.94. The van der Waals surface area contributed by atoms with Crippen molar-refractivity contribution in [2.45, 2.75) is 13.0 Å². The number of ether oxygens (including phenoxy) is 1. The summed E-state index contributed by atoms with van der Waals surface area (Å²) in [5.41, 5.74) is 2.01. The molecule has 1 heterocycles. The summed E-state index contributed by atoms with van der Waals surface area (Å²) < 4.78 is 5.21. The van der Waals surface area contributed by atoms with Gasteiger partial charge in [-0.2, -0.15) is 0 Å². The smallest absolute Gasteiger partial charge is 0.326 e. The highest BCUT2D eigenvalue weighted by Crippen LogP contribution is 2.16. The summed E-state index contributed by atoms with van der Waals surface area (Å²) in [5.74, 6) is -1.28. The molecule has 2 amide bonds. The van der Waals surface area contributed by atoms with Crippen LogP contribution in [0, 0.1) is 0 Å². The molecular formula is C24H27N3O4. The Morgan fingerprint density at radius 3 is 2.23 bits per heavy atom. The normalized spacial score (nSPS) is 14.9. The van der Waals surface area contributed by atoms with Gasteiger partial charge in [-0.1, -0.05) is 48.5 Å². The quantitative estimate of drug-likeness (QED) is 0.547. The fraction of sp³-hybridized carbons (Fsp3) is 0.292. The number of carbonyl (C=O) groups is 3. The first-order valence-corrected chi connectivity index (χ1v) is 10.3. The molecule has 1 fully saturated rings. The van der Waals surface area contributed by atoms with Crippen molar-refractivity contribution in [3.63, 3.8) is 0 Å². The van der Waals surface area contributed by atoms with Gasteiger partial charge in [-0.25, -0.2) is 0 Å². The third-order valence-corrected chi connectivity index (χ3v) is 5.00. The molecule has 2 aromatic rings. The third-order valence-electron chi connectivity index (χ3n) is 5.00. The number of esters is 1. The van der Waals surface area contributed by atoms with Crippen LogP contribution in [0.2, 0.25) is 0 Å². The Morgan fingerprint density at radius 1 is 0.968 bits per heavy atom. The third kappa shape index (κ3) is 6.70. The van der Waals surface area contributed by atoms with Crippen LogP contribution in [0.4, 0.5) is 5.69 Å². The number of carbonyl (C=O) groups excluding carboxylic acids is 3. The van der Waals surface area contributed by atoms with Crippen molar-refractivity contribution in [1.29, 1.82) is 0 Å². The first-order valence-electron chi connectivity index (χ1n) is 10.3. The van der Waals surface area contributed by atoms with Gasteiger partial charge >= 0.3 is 5.97 Å². The second kappa shape index (κ2) is 11.0. The summed E-state index contributed by atoms with van der Waals surface area (Å²) in [6, 6.07) is 19.4. The van der Waals surface area contributed by atoms with E-state index in [1.165, 1.54) is 6.08 Å². The minimum Gasteiger partial charge on any atom is -0.451 e. The van der Waals surface area contributed by atoms with E-state index in [-0.39, 0.29) is 12.5 Å². The van der Waals surface area contributed by atoms with E-state index >= 15 is 0 Å². The molecule has 3 rings (SSSR count). The van der Waals surface area contributed by atoms with Gasteiger partial charge in [0, 0.05) is 37.9 Å². The average Bonchev–Trinajstić information content (AvgIpc) is 2.82. The number of para-hydroxylation sites is 1. The predicted molar refractivity (Wildman–Crippen MR) is 119 cm³/mol. The Hall–Kier alpha value is -3.61. The fourth-order valence-corrected chi connectivity index (χ4v) is 3.32. The number of amides is 2. The molecule has 162 valence electrons. The molecule has 0 spiro atoms. The highest BCUT2D eigenvalue weighted by atomic mass is 16.5. The SMILES string of the molecule is C[C@@H](OC(=O)CNC(=O)/C=C/c1ccccc1)C(=O)N1CCN(c2ccccc2)CC1. The van der Waals surface area contributed by atoms with E-state index in [9.17, 15) is 14.4 Å². The summed E-state index contributed by atoms with van der Waals surface area (Å²) in [4.78, 5) is 40.4. The number of hydrogen-bond acceptors (Lipinski definition) is 5. The number of benzene rings is 2. The molecule has 0 saturated carbocycles. The molecule has 0 radical (unpaired) electrons. The van der Waals surface area contributed by atoms with Crippen LogP contribution < -0.4 is 10.2 Å². The molecule has 1 N–H and O–H groups in total. The lowest BCUT2D eigenvalue weighted by Gasteiger charge is -2.37. The highest BCUT2D eigenvalue weighted by Gasteiger charge is 2.27. The van der Waals surface area contributed by atoms with Gasteiger partial charge in [0.1, 0.15) is 6.54 Å². The Morgan fingerprint density at radius 2 is 1.58 bits per heavy atom. The van der Waals surface area contributed by atoms with Crippen molar-refractivity contribution in [3.05, 3.63) is 72.3 Å². The van der Waals surface area contributed by atoms with Crippen molar-refractivity contribution in [2.24, 2.45) is 0 Å². The molecule has 1 aliphatic rings. The number of anilines is 1. The summed E-state index contributed by atoms with van der Waals surface area (Å²) >= 11 is 0. The van der Waals surface area contributed by atoms with E-state index in [2.05, 4.69) is 10.2 Å². The van der Waals surface area contributed by atoms with Gasteiger partial charge in [0.15, 0.2) is 6.10 Å². The van der Waals surface area contributed by atoms with Crippen molar-refractivity contribution < 1.29 is 19.1 Å². The Labute approximate surface area is 182 Å². The van der Waals surface area contributed by atoms with E-state index in [1.807, 2.05) is 60.7 Å². The van der Waals surface area contributed by atoms with E-state index in [0.29, 0.717) is 13.1 Å². The minimum absolute atomic E-state index is 0.226. The Balaban J connectivity index is 1.38. The molecular weight excluding hydrogens is 394 g/mol. The average molecular weight is 421 g/mol. The van der Waals surface area contributed by atoms with Gasteiger partial charge in [-0.05, 0) is 30.7 Å². The van der Waals surface area contributed by atoms with Crippen LogP contribution in [0.15, 0.2) is 66.7 Å². The maximum absolute atomic E-state index is 12.6. The van der Waals surface area contributed by atoms with Crippen molar-refractivity contribution in [3.8, 4) is 0 Å². The lowest BCUT2D eigenvalue weighted by atomic mass is 10.2. The lowest BCUT2D eigenvalue weighted by Crippen LogP contribution is -2.52. The summed E-state index contributed by atoms with van der Waals surface area (Å²) in [6.07, 6.45) is 2.11. The van der Waals surface area contributed by atoms with E-state index < -0.39 is 18.0 Å².